The van der Waals surface area contributed by atoms with Crippen molar-refractivity contribution in [2.45, 2.75) is 0 Å². The van der Waals surface area contributed by atoms with Crippen LogP contribution in [0.3, 0.4) is 0 Å². The molecule has 0 aliphatic heterocycles. The first-order chi connectivity index (χ1) is 7.75. The number of halogens is 2. The molecule has 0 saturated carbocycles. The van der Waals surface area contributed by atoms with Gasteiger partial charge in [0.2, 0.25) is 0 Å². The Morgan fingerprint density at radius 2 is 1.50 bits per heavy atom. The maximum Gasteiger partial charge on any atom is 0.0484 e. The fourth-order valence-corrected chi connectivity index (χ4v) is 1.76. The Balaban J connectivity index is 2.28. The molecule has 0 bridgehead atoms. The molecule has 0 spiro atoms. The zero-order valence-electron chi connectivity index (χ0n) is 8.53. The van der Waals surface area contributed by atoms with Crippen molar-refractivity contribution in [1.29, 1.82) is 0 Å². The average molecular weight is 249 g/mol. The summed E-state index contributed by atoms with van der Waals surface area (Å²) in [5.41, 5.74) is 2.05. The van der Waals surface area contributed by atoms with Crippen molar-refractivity contribution in [2.24, 2.45) is 0 Å². The molecule has 0 heterocycles. The molecule has 0 unspecified atom stereocenters. The molecule has 2 heteroatoms. The van der Waals surface area contributed by atoms with E-state index in [0.29, 0.717) is 0 Å². The van der Waals surface area contributed by atoms with Crippen molar-refractivity contribution < 1.29 is 0 Å². The second-order valence-electron chi connectivity index (χ2n) is 3.41. The van der Waals surface area contributed by atoms with Gasteiger partial charge in [0, 0.05) is 10.1 Å². The van der Waals surface area contributed by atoms with Crippen LogP contribution in [0.4, 0.5) is 0 Å². The van der Waals surface area contributed by atoms with Crippen LogP contribution in [-0.4, -0.2) is 0 Å². The van der Waals surface area contributed by atoms with E-state index in [2.05, 4.69) is 0 Å². The Labute approximate surface area is 105 Å². The van der Waals surface area contributed by atoms with E-state index in [1.54, 1.807) is 0 Å². The highest BCUT2D eigenvalue weighted by atomic mass is 35.5. The third-order valence-electron chi connectivity index (χ3n) is 2.21. The van der Waals surface area contributed by atoms with E-state index in [9.17, 15) is 0 Å². The first-order valence-electron chi connectivity index (χ1n) is 4.94. The van der Waals surface area contributed by atoms with Gasteiger partial charge in [-0.15, -0.1) is 0 Å². The van der Waals surface area contributed by atoms with E-state index in [0.717, 1.165) is 21.2 Å². The van der Waals surface area contributed by atoms with Gasteiger partial charge in [0.15, 0.2) is 0 Å². The van der Waals surface area contributed by atoms with Gasteiger partial charge in [0.1, 0.15) is 0 Å². The largest absolute Gasteiger partial charge is 0.0843 e. The second-order valence-corrected chi connectivity index (χ2v) is 4.25. The van der Waals surface area contributed by atoms with Gasteiger partial charge in [0.25, 0.3) is 0 Å². The molecule has 0 amide bonds. The minimum atomic E-state index is 0.725. The third kappa shape index (κ3) is 2.88. The lowest BCUT2D eigenvalue weighted by atomic mass is 10.1. The summed E-state index contributed by atoms with van der Waals surface area (Å²) >= 11 is 12.0. The van der Waals surface area contributed by atoms with Gasteiger partial charge in [-0.1, -0.05) is 65.7 Å². The number of benzene rings is 2. The zero-order chi connectivity index (χ0) is 11.4. The molecule has 0 N–H and O–H groups in total. The molecule has 0 fully saturated rings. The first kappa shape index (κ1) is 11.3. The lowest BCUT2D eigenvalue weighted by molar-refractivity contribution is 1.64. The van der Waals surface area contributed by atoms with Gasteiger partial charge in [-0.3, -0.25) is 0 Å². The van der Waals surface area contributed by atoms with Crippen LogP contribution in [0.5, 0.6) is 0 Å². The second kappa shape index (κ2) is 5.20. The van der Waals surface area contributed by atoms with Gasteiger partial charge in [-0.05, 0) is 29.3 Å². The quantitative estimate of drug-likeness (QED) is 0.651. The fourth-order valence-electron chi connectivity index (χ4n) is 1.39. The summed E-state index contributed by atoms with van der Waals surface area (Å²) in [6, 6.07) is 17.4. The van der Waals surface area contributed by atoms with Crippen molar-refractivity contribution in [3.8, 4) is 0 Å². The fraction of sp³-hybridized carbons (Fsp3) is 0. The van der Waals surface area contributed by atoms with Crippen LogP contribution in [0.15, 0.2) is 54.6 Å². The van der Waals surface area contributed by atoms with E-state index in [1.807, 2.05) is 60.7 Å². The summed E-state index contributed by atoms with van der Waals surface area (Å²) in [6.07, 6.45) is 1.92. The molecule has 2 aromatic carbocycles. The Kier molecular flexibility index (Phi) is 3.66. The third-order valence-corrected chi connectivity index (χ3v) is 2.79. The lowest BCUT2D eigenvalue weighted by Crippen LogP contribution is -1.76. The highest BCUT2D eigenvalue weighted by Crippen LogP contribution is 2.22. The molecule has 0 radical (unpaired) electrons. The minimum absolute atomic E-state index is 0.725. The predicted octanol–water partition coefficient (Wildman–Crippen LogP) is 5.08. The Morgan fingerprint density at radius 3 is 2.12 bits per heavy atom. The summed E-state index contributed by atoms with van der Waals surface area (Å²) in [5, 5.41) is 1.45. The van der Waals surface area contributed by atoms with E-state index in [-0.39, 0.29) is 0 Å². The van der Waals surface area contributed by atoms with Crippen LogP contribution in [-0.2, 0) is 0 Å². The number of hydrogen-bond donors (Lipinski definition) is 0. The minimum Gasteiger partial charge on any atom is -0.0843 e. The Hall–Kier alpha value is -1.24. The van der Waals surface area contributed by atoms with Crippen LogP contribution >= 0.6 is 23.2 Å². The van der Waals surface area contributed by atoms with Crippen molar-refractivity contribution >= 4 is 34.3 Å². The van der Waals surface area contributed by atoms with Crippen molar-refractivity contribution in [3.63, 3.8) is 0 Å². The first-order valence-corrected chi connectivity index (χ1v) is 5.69. The molecular weight excluding hydrogens is 239 g/mol. The normalized spacial score (nSPS) is 11.5. The maximum absolute atomic E-state index is 6.21. The van der Waals surface area contributed by atoms with E-state index < -0.39 is 0 Å². The summed E-state index contributed by atoms with van der Waals surface area (Å²) in [4.78, 5) is 0. The predicted molar refractivity (Wildman–Crippen MR) is 71.6 cm³/mol. The molecule has 80 valence electrons. The lowest BCUT2D eigenvalue weighted by Gasteiger charge is -1.99. The van der Waals surface area contributed by atoms with Crippen LogP contribution in [0, 0.1) is 0 Å². The molecule has 0 saturated heterocycles. The topological polar surface area (TPSA) is 0 Å². The monoisotopic (exact) mass is 248 g/mol. The molecule has 0 atom stereocenters. The molecule has 0 aromatic heterocycles. The summed E-state index contributed by atoms with van der Waals surface area (Å²) in [6.45, 7) is 0. The molecular formula is C14H10Cl2. The highest BCUT2D eigenvalue weighted by molar-refractivity contribution is 6.51. The van der Waals surface area contributed by atoms with Crippen LogP contribution in [0.25, 0.3) is 11.1 Å². The van der Waals surface area contributed by atoms with Gasteiger partial charge in [-0.25, -0.2) is 0 Å². The Morgan fingerprint density at radius 1 is 0.875 bits per heavy atom. The van der Waals surface area contributed by atoms with Gasteiger partial charge < -0.3 is 0 Å². The van der Waals surface area contributed by atoms with Gasteiger partial charge in [-0.2, -0.15) is 0 Å². The van der Waals surface area contributed by atoms with E-state index >= 15 is 0 Å². The van der Waals surface area contributed by atoms with Gasteiger partial charge >= 0.3 is 0 Å². The van der Waals surface area contributed by atoms with E-state index in [1.165, 1.54) is 0 Å². The summed E-state index contributed by atoms with van der Waals surface area (Å²) in [7, 11) is 0. The zero-order valence-corrected chi connectivity index (χ0v) is 10.0. The standard InChI is InChI=1S/C14H10Cl2/c15-13-8-6-11(7-9-13)10-14(16)12-4-2-1-3-5-12/h1-10H/b14-10-. The Bertz CT molecular complexity index is 484. The SMILES string of the molecule is Cl/C(=C\c1ccc(Cl)cc1)c1ccccc1. The van der Waals surface area contributed by atoms with Crippen molar-refractivity contribution in [2.75, 3.05) is 0 Å². The molecule has 16 heavy (non-hydrogen) atoms. The van der Waals surface area contributed by atoms with Crippen molar-refractivity contribution in [3.05, 3.63) is 70.7 Å². The van der Waals surface area contributed by atoms with Gasteiger partial charge in [0.05, 0.1) is 0 Å². The highest BCUT2D eigenvalue weighted by Gasteiger charge is 1.97. The molecule has 0 nitrogen and oxygen atoms in total. The smallest absolute Gasteiger partial charge is 0.0484 e. The molecule has 0 aliphatic rings. The maximum atomic E-state index is 6.21. The molecule has 2 aromatic rings. The molecule has 0 aliphatic carbocycles. The van der Waals surface area contributed by atoms with Crippen LogP contribution in [0.1, 0.15) is 11.1 Å². The summed E-state index contributed by atoms with van der Waals surface area (Å²) in [5.74, 6) is 0. The summed E-state index contributed by atoms with van der Waals surface area (Å²) < 4.78 is 0. The average Bonchev–Trinajstić information content (AvgIpc) is 2.33. The van der Waals surface area contributed by atoms with Crippen LogP contribution in [0.2, 0.25) is 5.02 Å². The van der Waals surface area contributed by atoms with E-state index in [4.69, 9.17) is 23.2 Å². The van der Waals surface area contributed by atoms with Crippen LogP contribution < -0.4 is 0 Å². The number of rotatable bonds is 2. The van der Waals surface area contributed by atoms with Crippen molar-refractivity contribution in [1.82, 2.24) is 0 Å². The molecule has 2 rings (SSSR count). The number of hydrogen-bond acceptors (Lipinski definition) is 0.